The van der Waals surface area contributed by atoms with E-state index in [2.05, 4.69) is 10.3 Å². The molecule has 0 bridgehead atoms. The van der Waals surface area contributed by atoms with E-state index in [1.54, 1.807) is 54.5 Å². The molecule has 0 aliphatic carbocycles. The molecule has 0 aromatic heterocycles. The molecule has 1 aliphatic heterocycles. The van der Waals surface area contributed by atoms with E-state index in [1.165, 1.54) is 11.8 Å². The van der Waals surface area contributed by atoms with Gasteiger partial charge in [0.2, 0.25) is 11.8 Å². The number of amidine groups is 1. The minimum absolute atomic E-state index is 0.0931. The van der Waals surface area contributed by atoms with Gasteiger partial charge in [-0.05, 0) is 49.4 Å². The summed E-state index contributed by atoms with van der Waals surface area (Å²) in [6.45, 7) is 2.31. The minimum Gasteiger partial charge on any atom is -0.497 e. The van der Waals surface area contributed by atoms with Gasteiger partial charge in [-0.15, -0.1) is 0 Å². The molecule has 0 radical (unpaired) electrons. The molecule has 1 heterocycles. The number of anilines is 1. The van der Waals surface area contributed by atoms with Crippen LogP contribution in [0, 0.1) is 0 Å². The minimum atomic E-state index is -0.596. The van der Waals surface area contributed by atoms with Crippen molar-refractivity contribution in [1.29, 1.82) is 0 Å². The smallest absolute Gasteiger partial charge is 0.238 e. The van der Waals surface area contributed by atoms with Gasteiger partial charge >= 0.3 is 0 Å². The van der Waals surface area contributed by atoms with Crippen LogP contribution in [0.1, 0.15) is 13.3 Å². The Morgan fingerprint density at radius 1 is 1.24 bits per heavy atom. The Morgan fingerprint density at radius 2 is 1.90 bits per heavy atom. The number of hydrogen-bond donors (Lipinski definition) is 1. The number of benzene rings is 2. The van der Waals surface area contributed by atoms with Gasteiger partial charge in [-0.1, -0.05) is 35.0 Å². The number of nitrogens with zero attached hydrogens (tertiary/aromatic N) is 2. The molecule has 1 N–H and O–H groups in total. The predicted octanol–water partition coefficient (Wildman–Crippen LogP) is 4.98. The number of rotatable bonds is 5. The topological polar surface area (TPSA) is 71.0 Å². The zero-order valence-corrected chi connectivity index (χ0v) is 18.1. The zero-order chi connectivity index (χ0) is 21.0. The van der Waals surface area contributed by atoms with Crippen LogP contribution in [0.25, 0.3) is 0 Å². The summed E-state index contributed by atoms with van der Waals surface area (Å²) in [5, 5.41) is 3.57. The molecule has 152 valence electrons. The Kier molecular flexibility index (Phi) is 7.05. The maximum absolute atomic E-state index is 12.7. The number of methoxy groups -OCH3 is 1. The standard InChI is InChI=1S/C20H19Cl2N3O3S/c1-3-25-18(26)11-17(19(27)23-14-4-6-16(28-2)7-5-14)29-20(25)24-15-9-12(21)8-13(22)10-15/h4-10,17H,3,11H2,1-2H3,(H,23,27)/t17-/m0/s1. The van der Waals surface area contributed by atoms with Crippen LogP contribution in [0.2, 0.25) is 10.0 Å². The molecular formula is C20H19Cl2N3O3S. The first-order valence-corrected chi connectivity index (χ1v) is 10.5. The van der Waals surface area contributed by atoms with E-state index < -0.39 is 5.25 Å². The van der Waals surface area contributed by atoms with Crippen molar-refractivity contribution in [1.82, 2.24) is 4.90 Å². The molecule has 2 amide bonds. The van der Waals surface area contributed by atoms with E-state index in [0.29, 0.717) is 38.9 Å². The molecule has 1 fully saturated rings. The fraction of sp³-hybridized carbons (Fsp3) is 0.250. The van der Waals surface area contributed by atoms with Crippen LogP contribution in [0.3, 0.4) is 0 Å². The number of ether oxygens (including phenoxy) is 1. The zero-order valence-electron chi connectivity index (χ0n) is 15.8. The van der Waals surface area contributed by atoms with Crippen molar-refractivity contribution in [2.24, 2.45) is 4.99 Å². The van der Waals surface area contributed by atoms with Gasteiger partial charge in [0.25, 0.3) is 0 Å². The average Bonchev–Trinajstić information content (AvgIpc) is 2.67. The van der Waals surface area contributed by atoms with Gasteiger partial charge in [0.1, 0.15) is 11.0 Å². The lowest BCUT2D eigenvalue weighted by Gasteiger charge is -2.30. The summed E-state index contributed by atoms with van der Waals surface area (Å²) < 4.78 is 5.11. The third-order valence-corrected chi connectivity index (χ3v) is 5.80. The maximum atomic E-state index is 12.7. The first kappa shape index (κ1) is 21.5. The summed E-state index contributed by atoms with van der Waals surface area (Å²) in [7, 11) is 1.57. The maximum Gasteiger partial charge on any atom is 0.238 e. The number of nitrogens with one attached hydrogen (secondary N) is 1. The number of aliphatic imine (C=N–C) groups is 1. The molecule has 6 nitrogen and oxygen atoms in total. The highest BCUT2D eigenvalue weighted by atomic mass is 35.5. The number of carbonyl (C=O) groups is 2. The number of hydrogen-bond acceptors (Lipinski definition) is 5. The van der Waals surface area contributed by atoms with Crippen molar-refractivity contribution in [2.75, 3.05) is 19.0 Å². The predicted molar refractivity (Wildman–Crippen MR) is 119 cm³/mol. The molecular weight excluding hydrogens is 433 g/mol. The van der Waals surface area contributed by atoms with Gasteiger partial charge in [-0.2, -0.15) is 0 Å². The second-order valence-corrected chi connectivity index (χ2v) is 8.23. The number of amides is 2. The third-order valence-electron chi connectivity index (χ3n) is 4.18. The van der Waals surface area contributed by atoms with Crippen molar-refractivity contribution in [3.05, 3.63) is 52.5 Å². The van der Waals surface area contributed by atoms with Crippen LogP contribution in [-0.4, -0.2) is 40.8 Å². The fourth-order valence-electron chi connectivity index (χ4n) is 2.76. The SMILES string of the molecule is CCN1C(=O)C[C@@H](C(=O)Nc2ccc(OC)cc2)SC1=Nc1cc(Cl)cc(Cl)c1. The normalized spacial score (nSPS) is 18.1. The van der Waals surface area contributed by atoms with E-state index in [4.69, 9.17) is 27.9 Å². The molecule has 9 heteroatoms. The molecule has 1 atom stereocenters. The van der Waals surface area contributed by atoms with Gasteiger partial charge < -0.3 is 10.1 Å². The molecule has 1 aliphatic rings. The molecule has 2 aromatic carbocycles. The highest BCUT2D eigenvalue weighted by Crippen LogP contribution is 2.31. The van der Waals surface area contributed by atoms with Crippen LogP contribution in [0.4, 0.5) is 11.4 Å². The number of halogens is 2. The molecule has 3 rings (SSSR count). The fourth-order valence-corrected chi connectivity index (χ4v) is 4.44. The van der Waals surface area contributed by atoms with E-state index >= 15 is 0 Å². The number of thioether (sulfide) groups is 1. The monoisotopic (exact) mass is 451 g/mol. The van der Waals surface area contributed by atoms with E-state index in [0.717, 1.165) is 0 Å². The highest BCUT2D eigenvalue weighted by molar-refractivity contribution is 8.15. The van der Waals surface area contributed by atoms with Crippen LogP contribution < -0.4 is 10.1 Å². The molecule has 0 unspecified atom stereocenters. The summed E-state index contributed by atoms with van der Waals surface area (Å²) in [6.07, 6.45) is 0.0931. The van der Waals surface area contributed by atoms with Crippen LogP contribution in [-0.2, 0) is 9.59 Å². The van der Waals surface area contributed by atoms with Gasteiger partial charge in [-0.25, -0.2) is 4.99 Å². The molecule has 0 saturated carbocycles. The van der Waals surface area contributed by atoms with Crippen molar-refractivity contribution in [3.8, 4) is 5.75 Å². The van der Waals surface area contributed by atoms with Crippen molar-refractivity contribution < 1.29 is 14.3 Å². The summed E-state index contributed by atoms with van der Waals surface area (Å²) in [4.78, 5) is 31.4. The van der Waals surface area contributed by atoms with E-state index in [-0.39, 0.29) is 18.2 Å². The van der Waals surface area contributed by atoms with Gasteiger partial charge in [0.15, 0.2) is 5.17 Å². The van der Waals surface area contributed by atoms with E-state index in [9.17, 15) is 9.59 Å². The number of carbonyl (C=O) groups excluding carboxylic acids is 2. The quantitative estimate of drug-likeness (QED) is 0.695. The van der Waals surface area contributed by atoms with Crippen LogP contribution >= 0.6 is 35.0 Å². The first-order valence-electron chi connectivity index (χ1n) is 8.86. The van der Waals surface area contributed by atoms with Crippen molar-refractivity contribution in [3.63, 3.8) is 0 Å². The third kappa shape index (κ3) is 5.44. The summed E-state index contributed by atoms with van der Waals surface area (Å²) in [6, 6.07) is 11.9. The highest BCUT2D eigenvalue weighted by Gasteiger charge is 2.35. The first-order chi connectivity index (χ1) is 13.9. The van der Waals surface area contributed by atoms with Gasteiger partial charge in [-0.3, -0.25) is 14.5 Å². The van der Waals surface area contributed by atoms with Crippen LogP contribution in [0.15, 0.2) is 47.5 Å². The Morgan fingerprint density at radius 3 is 2.48 bits per heavy atom. The van der Waals surface area contributed by atoms with Crippen LogP contribution in [0.5, 0.6) is 5.75 Å². The summed E-state index contributed by atoms with van der Waals surface area (Å²) >= 11 is 13.3. The Hall–Kier alpha value is -2.22. The lowest BCUT2D eigenvalue weighted by Crippen LogP contribution is -2.45. The van der Waals surface area contributed by atoms with E-state index in [1.807, 2.05) is 6.92 Å². The van der Waals surface area contributed by atoms with Crippen molar-refractivity contribution in [2.45, 2.75) is 18.6 Å². The molecule has 29 heavy (non-hydrogen) atoms. The van der Waals surface area contributed by atoms with Gasteiger partial charge in [0, 0.05) is 28.7 Å². The Labute approximate surface area is 183 Å². The molecule has 2 aromatic rings. The van der Waals surface area contributed by atoms with Crippen molar-refractivity contribution >= 4 is 63.3 Å². The Balaban J connectivity index is 1.81. The molecule has 1 saturated heterocycles. The molecule has 0 spiro atoms. The second kappa shape index (κ2) is 9.52. The summed E-state index contributed by atoms with van der Waals surface area (Å²) in [5.41, 5.74) is 1.15. The van der Waals surface area contributed by atoms with Gasteiger partial charge in [0.05, 0.1) is 12.8 Å². The second-order valence-electron chi connectivity index (χ2n) is 6.19. The largest absolute Gasteiger partial charge is 0.497 e. The lowest BCUT2D eigenvalue weighted by atomic mass is 10.2. The lowest BCUT2D eigenvalue weighted by molar-refractivity contribution is -0.129. The average molecular weight is 452 g/mol. The Bertz CT molecular complexity index is 930. The summed E-state index contributed by atoms with van der Waals surface area (Å²) in [5.74, 6) is 0.271.